The molecule has 1 aromatic rings. The van der Waals surface area contributed by atoms with E-state index in [1.54, 1.807) is 30.1 Å². The van der Waals surface area contributed by atoms with Crippen LogP contribution in [0, 0.1) is 0 Å². The van der Waals surface area contributed by atoms with Crippen molar-refractivity contribution in [3.8, 4) is 0 Å². The predicted octanol–water partition coefficient (Wildman–Crippen LogP) is 1.60. The molecule has 4 nitrogen and oxygen atoms in total. The van der Waals surface area contributed by atoms with Gasteiger partial charge in [0.1, 0.15) is 0 Å². The standard InChI is InChI=1S/C12H18ClN3O/c1-15-6-3-7-16(2)12(17)9-4-5-11(14)10(13)8-9/h4-5,8,15H,3,6-7,14H2,1-2H3. The van der Waals surface area contributed by atoms with E-state index in [1.807, 2.05) is 7.05 Å². The van der Waals surface area contributed by atoms with Crippen molar-refractivity contribution in [2.75, 3.05) is 32.9 Å². The molecule has 0 aliphatic carbocycles. The number of nitrogens with zero attached hydrogens (tertiary/aromatic N) is 1. The van der Waals surface area contributed by atoms with E-state index in [0.29, 0.717) is 22.8 Å². The molecule has 0 unspecified atom stereocenters. The van der Waals surface area contributed by atoms with Gasteiger partial charge in [-0.1, -0.05) is 11.6 Å². The maximum absolute atomic E-state index is 12.0. The molecule has 0 spiro atoms. The number of nitrogen functional groups attached to an aromatic ring is 1. The lowest BCUT2D eigenvalue weighted by atomic mass is 10.2. The number of amides is 1. The summed E-state index contributed by atoms with van der Waals surface area (Å²) in [6.45, 7) is 1.60. The molecule has 0 fully saturated rings. The fourth-order valence-electron chi connectivity index (χ4n) is 1.48. The highest BCUT2D eigenvalue weighted by Crippen LogP contribution is 2.20. The van der Waals surface area contributed by atoms with Crippen molar-refractivity contribution >= 4 is 23.2 Å². The molecule has 0 bridgehead atoms. The van der Waals surface area contributed by atoms with Gasteiger partial charge in [0.05, 0.1) is 10.7 Å². The topological polar surface area (TPSA) is 58.4 Å². The Morgan fingerprint density at radius 1 is 1.53 bits per heavy atom. The Bertz CT molecular complexity index is 395. The van der Waals surface area contributed by atoms with E-state index in [4.69, 9.17) is 17.3 Å². The fourth-order valence-corrected chi connectivity index (χ4v) is 1.66. The minimum absolute atomic E-state index is 0.0389. The Morgan fingerprint density at radius 3 is 2.82 bits per heavy atom. The van der Waals surface area contributed by atoms with Crippen molar-refractivity contribution in [3.05, 3.63) is 28.8 Å². The highest BCUT2D eigenvalue weighted by molar-refractivity contribution is 6.33. The van der Waals surface area contributed by atoms with E-state index in [-0.39, 0.29) is 5.91 Å². The largest absolute Gasteiger partial charge is 0.398 e. The van der Waals surface area contributed by atoms with Crippen LogP contribution in [-0.2, 0) is 0 Å². The van der Waals surface area contributed by atoms with Gasteiger partial charge in [0.15, 0.2) is 0 Å². The number of carbonyl (C=O) groups is 1. The molecule has 0 atom stereocenters. The average molecular weight is 256 g/mol. The summed E-state index contributed by atoms with van der Waals surface area (Å²) < 4.78 is 0. The maximum atomic E-state index is 12.0. The molecule has 1 rings (SSSR count). The second-order valence-electron chi connectivity index (χ2n) is 3.92. The van der Waals surface area contributed by atoms with Crippen LogP contribution in [0.5, 0.6) is 0 Å². The lowest BCUT2D eigenvalue weighted by Crippen LogP contribution is -2.29. The zero-order chi connectivity index (χ0) is 12.8. The number of hydrogen-bond donors (Lipinski definition) is 2. The van der Waals surface area contributed by atoms with Gasteiger partial charge in [-0.2, -0.15) is 0 Å². The number of nitrogens with two attached hydrogens (primary N) is 1. The molecule has 94 valence electrons. The molecule has 1 amide bonds. The summed E-state index contributed by atoms with van der Waals surface area (Å²) in [5, 5.41) is 3.46. The van der Waals surface area contributed by atoms with E-state index >= 15 is 0 Å². The second kappa shape index (κ2) is 6.47. The Morgan fingerprint density at radius 2 is 2.24 bits per heavy atom. The number of anilines is 1. The van der Waals surface area contributed by atoms with E-state index in [1.165, 1.54) is 0 Å². The fraction of sp³-hybridized carbons (Fsp3) is 0.417. The summed E-state index contributed by atoms with van der Waals surface area (Å²) in [7, 11) is 3.67. The normalized spacial score (nSPS) is 10.3. The average Bonchev–Trinajstić information content (AvgIpc) is 2.32. The van der Waals surface area contributed by atoms with Crippen molar-refractivity contribution in [1.29, 1.82) is 0 Å². The summed E-state index contributed by atoms with van der Waals surface area (Å²) in [6.07, 6.45) is 0.918. The second-order valence-corrected chi connectivity index (χ2v) is 4.33. The lowest BCUT2D eigenvalue weighted by Gasteiger charge is -2.17. The number of nitrogens with one attached hydrogen (secondary N) is 1. The minimum Gasteiger partial charge on any atom is -0.398 e. The van der Waals surface area contributed by atoms with Crippen LogP contribution in [0.1, 0.15) is 16.8 Å². The van der Waals surface area contributed by atoms with Gasteiger partial charge in [0.25, 0.3) is 5.91 Å². The van der Waals surface area contributed by atoms with Gasteiger partial charge >= 0.3 is 0 Å². The molecule has 0 heterocycles. The minimum atomic E-state index is -0.0389. The third kappa shape index (κ3) is 3.91. The lowest BCUT2D eigenvalue weighted by molar-refractivity contribution is 0.0794. The molecule has 1 aromatic carbocycles. The molecule has 3 N–H and O–H groups in total. The van der Waals surface area contributed by atoms with Crippen molar-refractivity contribution < 1.29 is 4.79 Å². The Kier molecular flexibility index (Phi) is 5.25. The number of rotatable bonds is 5. The maximum Gasteiger partial charge on any atom is 0.253 e. The van der Waals surface area contributed by atoms with Crippen molar-refractivity contribution in [2.45, 2.75) is 6.42 Å². The predicted molar refractivity (Wildman–Crippen MR) is 71.4 cm³/mol. The first-order valence-corrected chi connectivity index (χ1v) is 5.89. The highest BCUT2D eigenvalue weighted by atomic mass is 35.5. The first-order chi connectivity index (χ1) is 8.06. The quantitative estimate of drug-likeness (QED) is 0.621. The van der Waals surface area contributed by atoms with Gasteiger partial charge in [-0.3, -0.25) is 4.79 Å². The van der Waals surface area contributed by atoms with Crippen LogP contribution < -0.4 is 11.1 Å². The van der Waals surface area contributed by atoms with E-state index < -0.39 is 0 Å². The first-order valence-electron chi connectivity index (χ1n) is 5.51. The molecule has 17 heavy (non-hydrogen) atoms. The zero-order valence-corrected chi connectivity index (χ0v) is 10.9. The molecular formula is C12H18ClN3O. The van der Waals surface area contributed by atoms with Gasteiger partial charge in [0, 0.05) is 19.2 Å². The summed E-state index contributed by atoms with van der Waals surface area (Å²) >= 11 is 5.88. The molecule has 0 radical (unpaired) electrons. The first kappa shape index (κ1) is 13.8. The molecular weight excluding hydrogens is 238 g/mol. The van der Waals surface area contributed by atoms with Gasteiger partial charge in [0.2, 0.25) is 0 Å². The SMILES string of the molecule is CNCCCN(C)C(=O)c1ccc(N)c(Cl)c1. The number of hydrogen-bond acceptors (Lipinski definition) is 3. The van der Waals surface area contributed by atoms with E-state index in [0.717, 1.165) is 13.0 Å². The Hall–Kier alpha value is -1.26. The molecule has 0 aromatic heterocycles. The molecule has 0 aliphatic rings. The summed E-state index contributed by atoms with van der Waals surface area (Å²) in [6, 6.07) is 4.95. The van der Waals surface area contributed by atoms with Crippen LogP contribution in [-0.4, -0.2) is 38.0 Å². The molecule has 0 saturated heterocycles. The van der Waals surface area contributed by atoms with Crippen LogP contribution in [0.4, 0.5) is 5.69 Å². The summed E-state index contributed by atoms with van der Waals surface area (Å²) in [5.41, 5.74) is 6.65. The third-order valence-corrected chi connectivity index (χ3v) is 2.84. The van der Waals surface area contributed by atoms with Crippen LogP contribution in [0.2, 0.25) is 5.02 Å². The van der Waals surface area contributed by atoms with Gasteiger partial charge in [-0.15, -0.1) is 0 Å². The van der Waals surface area contributed by atoms with Crippen LogP contribution in [0.15, 0.2) is 18.2 Å². The van der Waals surface area contributed by atoms with Crippen LogP contribution in [0.25, 0.3) is 0 Å². The van der Waals surface area contributed by atoms with Crippen molar-refractivity contribution in [2.24, 2.45) is 0 Å². The summed E-state index contributed by atoms with van der Waals surface area (Å²) in [4.78, 5) is 13.7. The van der Waals surface area contributed by atoms with Crippen LogP contribution >= 0.6 is 11.6 Å². The number of carbonyl (C=O) groups excluding carboxylic acids is 1. The van der Waals surface area contributed by atoms with Crippen molar-refractivity contribution in [3.63, 3.8) is 0 Å². The number of halogens is 1. The summed E-state index contributed by atoms with van der Waals surface area (Å²) in [5.74, 6) is -0.0389. The molecule has 0 saturated carbocycles. The Labute approximate surface area is 107 Å². The third-order valence-electron chi connectivity index (χ3n) is 2.51. The highest BCUT2D eigenvalue weighted by Gasteiger charge is 2.12. The van der Waals surface area contributed by atoms with Gasteiger partial charge < -0.3 is 16.0 Å². The molecule has 5 heteroatoms. The van der Waals surface area contributed by atoms with Crippen LogP contribution in [0.3, 0.4) is 0 Å². The smallest absolute Gasteiger partial charge is 0.253 e. The van der Waals surface area contributed by atoms with E-state index in [9.17, 15) is 4.79 Å². The van der Waals surface area contributed by atoms with Crippen molar-refractivity contribution in [1.82, 2.24) is 10.2 Å². The monoisotopic (exact) mass is 255 g/mol. The van der Waals surface area contributed by atoms with Gasteiger partial charge in [-0.05, 0) is 38.2 Å². The number of benzene rings is 1. The molecule has 0 aliphatic heterocycles. The zero-order valence-electron chi connectivity index (χ0n) is 10.2. The van der Waals surface area contributed by atoms with E-state index in [2.05, 4.69) is 5.32 Å². The Balaban J connectivity index is 2.65. The van der Waals surface area contributed by atoms with Gasteiger partial charge in [-0.25, -0.2) is 0 Å².